The SMILES string of the molecule is CCCN(Cc1c(F)ccc(Br)c1F)C(C)C. The molecule has 1 aromatic rings. The second-order valence-electron chi connectivity index (χ2n) is 4.39. The Kier molecular flexibility index (Phi) is 5.53. The number of hydrogen-bond donors (Lipinski definition) is 0. The number of nitrogens with zero attached hydrogens (tertiary/aromatic N) is 1. The zero-order chi connectivity index (χ0) is 13.0. The van der Waals surface area contributed by atoms with Crippen molar-refractivity contribution < 1.29 is 8.78 Å². The third-order valence-corrected chi connectivity index (χ3v) is 3.35. The molecule has 0 atom stereocenters. The van der Waals surface area contributed by atoms with Crippen LogP contribution in [0.15, 0.2) is 16.6 Å². The van der Waals surface area contributed by atoms with Gasteiger partial charge in [-0.2, -0.15) is 0 Å². The van der Waals surface area contributed by atoms with Crippen LogP contribution in [-0.4, -0.2) is 17.5 Å². The van der Waals surface area contributed by atoms with E-state index in [4.69, 9.17) is 0 Å². The van der Waals surface area contributed by atoms with Gasteiger partial charge in [0, 0.05) is 18.2 Å². The highest BCUT2D eigenvalue weighted by atomic mass is 79.9. The maximum atomic E-state index is 13.8. The lowest BCUT2D eigenvalue weighted by atomic mass is 10.1. The van der Waals surface area contributed by atoms with Crippen LogP contribution in [0, 0.1) is 11.6 Å². The van der Waals surface area contributed by atoms with Gasteiger partial charge in [0.15, 0.2) is 0 Å². The van der Waals surface area contributed by atoms with E-state index in [1.807, 2.05) is 13.8 Å². The number of hydrogen-bond acceptors (Lipinski definition) is 1. The fourth-order valence-electron chi connectivity index (χ4n) is 1.72. The minimum Gasteiger partial charge on any atom is -0.296 e. The molecule has 0 amide bonds. The fourth-order valence-corrected chi connectivity index (χ4v) is 2.10. The van der Waals surface area contributed by atoms with Gasteiger partial charge in [-0.3, -0.25) is 4.90 Å². The van der Waals surface area contributed by atoms with Crippen LogP contribution >= 0.6 is 15.9 Å². The van der Waals surface area contributed by atoms with Crippen molar-refractivity contribution in [2.45, 2.75) is 39.8 Å². The van der Waals surface area contributed by atoms with Crippen LogP contribution in [0.3, 0.4) is 0 Å². The Morgan fingerprint density at radius 2 is 1.94 bits per heavy atom. The topological polar surface area (TPSA) is 3.24 Å². The summed E-state index contributed by atoms with van der Waals surface area (Å²) in [7, 11) is 0. The van der Waals surface area contributed by atoms with E-state index in [9.17, 15) is 8.78 Å². The average Bonchev–Trinajstić information content (AvgIpc) is 2.28. The monoisotopic (exact) mass is 305 g/mol. The molecular formula is C13H18BrF2N. The fraction of sp³-hybridized carbons (Fsp3) is 0.538. The van der Waals surface area contributed by atoms with Crippen LogP contribution in [0.5, 0.6) is 0 Å². The standard InChI is InChI=1S/C13H18BrF2N/c1-4-7-17(9(2)3)8-10-12(15)6-5-11(14)13(10)16/h5-6,9H,4,7-8H2,1-3H3. The highest BCUT2D eigenvalue weighted by Crippen LogP contribution is 2.23. The first-order chi connectivity index (χ1) is 7.97. The lowest BCUT2D eigenvalue weighted by Gasteiger charge is -2.26. The molecule has 1 rings (SSSR count). The van der Waals surface area contributed by atoms with E-state index in [2.05, 4.69) is 27.8 Å². The van der Waals surface area contributed by atoms with Gasteiger partial charge in [0.25, 0.3) is 0 Å². The summed E-state index contributed by atoms with van der Waals surface area (Å²) in [5, 5.41) is 0. The first-order valence-corrected chi connectivity index (χ1v) is 6.63. The molecule has 0 bridgehead atoms. The van der Waals surface area contributed by atoms with Gasteiger partial charge in [0.2, 0.25) is 0 Å². The lowest BCUT2D eigenvalue weighted by Crippen LogP contribution is -2.31. The Balaban J connectivity index is 2.96. The van der Waals surface area contributed by atoms with E-state index in [-0.39, 0.29) is 11.6 Å². The molecule has 0 saturated carbocycles. The maximum absolute atomic E-state index is 13.8. The van der Waals surface area contributed by atoms with Crippen LogP contribution in [-0.2, 0) is 6.54 Å². The van der Waals surface area contributed by atoms with E-state index in [1.54, 1.807) is 0 Å². The largest absolute Gasteiger partial charge is 0.296 e. The third-order valence-electron chi connectivity index (χ3n) is 2.74. The lowest BCUT2D eigenvalue weighted by molar-refractivity contribution is 0.207. The average molecular weight is 306 g/mol. The van der Waals surface area contributed by atoms with Gasteiger partial charge in [0.05, 0.1) is 4.47 Å². The molecule has 0 aliphatic carbocycles. The van der Waals surface area contributed by atoms with Crippen LogP contribution in [0.1, 0.15) is 32.8 Å². The molecule has 0 radical (unpaired) electrons. The molecular weight excluding hydrogens is 288 g/mol. The van der Waals surface area contributed by atoms with E-state index in [0.29, 0.717) is 11.0 Å². The molecule has 0 heterocycles. The summed E-state index contributed by atoms with van der Waals surface area (Å²) in [5.74, 6) is -0.973. The van der Waals surface area contributed by atoms with E-state index < -0.39 is 11.6 Å². The Labute approximate surface area is 110 Å². The van der Waals surface area contributed by atoms with E-state index >= 15 is 0 Å². The van der Waals surface area contributed by atoms with Crippen molar-refractivity contribution in [1.82, 2.24) is 4.90 Å². The second-order valence-corrected chi connectivity index (χ2v) is 5.24. The Morgan fingerprint density at radius 1 is 1.29 bits per heavy atom. The Hall–Kier alpha value is -0.480. The highest BCUT2D eigenvalue weighted by molar-refractivity contribution is 9.10. The van der Waals surface area contributed by atoms with Crippen molar-refractivity contribution in [3.63, 3.8) is 0 Å². The van der Waals surface area contributed by atoms with Crippen molar-refractivity contribution in [1.29, 1.82) is 0 Å². The molecule has 1 nitrogen and oxygen atoms in total. The van der Waals surface area contributed by atoms with Gasteiger partial charge in [-0.25, -0.2) is 8.78 Å². The van der Waals surface area contributed by atoms with Crippen molar-refractivity contribution in [2.24, 2.45) is 0 Å². The predicted octanol–water partition coefficient (Wildman–Crippen LogP) is 4.35. The first-order valence-electron chi connectivity index (χ1n) is 5.83. The normalized spacial score (nSPS) is 11.5. The highest BCUT2D eigenvalue weighted by Gasteiger charge is 2.17. The number of halogens is 3. The van der Waals surface area contributed by atoms with Crippen molar-refractivity contribution in [3.8, 4) is 0 Å². The third kappa shape index (κ3) is 3.75. The van der Waals surface area contributed by atoms with Gasteiger partial charge in [0.1, 0.15) is 11.6 Å². The molecule has 17 heavy (non-hydrogen) atoms. The predicted molar refractivity (Wildman–Crippen MR) is 69.9 cm³/mol. The van der Waals surface area contributed by atoms with Gasteiger partial charge in [-0.05, 0) is 54.9 Å². The Bertz CT molecular complexity index is 380. The summed E-state index contributed by atoms with van der Waals surface area (Å²) in [6.07, 6.45) is 0.968. The minimum absolute atomic E-state index is 0.140. The first kappa shape index (κ1) is 14.6. The summed E-state index contributed by atoms with van der Waals surface area (Å²) in [4.78, 5) is 2.06. The van der Waals surface area contributed by atoms with Crippen molar-refractivity contribution in [2.75, 3.05) is 6.54 Å². The summed E-state index contributed by atoms with van der Waals surface area (Å²) >= 11 is 3.09. The summed E-state index contributed by atoms with van der Waals surface area (Å²) in [6.45, 7) is 7.27. The molecule has 4 heteroatoms. The number of rotatable bonds is 5. The maximum Gasteiger partial charge on any atom is 0.144 e. The van der Waals surface area contributed by atoms with Gasteiger partial charge in [-0.1, -0.05) is 6.92 Å². The van der Waals surface area contributed by atoms with Gasteiger partial charge >= 0.3 is 0 Å². The van der Waals surface area contributed by atoms with E-state index in [0.717, 1.165) is 13.0 Å². The van der Waals surface area contributed by atoms with Gasteiger partial charge < -0.3 is 0 Å². The second kappa shape index (κ2) is 6.45. The smallest absolute Gasteiger partial charge is 0.144 e. The quantitative estimate of drug-likeness (QED) is 0.731. The number of benzene rings is 1. The van der Waals surface area contributed by atoms with Gasteiger partial charge in [-0.15, -0.1) is 0 Å². The van der Waals surface area contributed by atoms with Crippen LogP contribution in [0.4, 0.5) is 8.78 Å². The van der Waals surface area contributed by atoms with Crippen molar-refractivity contribution >= 4 is 15.9 Å². The van der Waals surface area contributed by atoms with Crippen molar-refractivity contribution in [3.05, 3.63) is 33.8 Å². The summed E-state index contributed by atoms with van der Waals surface area (Å²) in [5.41, 5.74) is 0.140. The molecule has 0 spiro atoms. The summed E-state index contributed by atoms with van der Waals surface area (Å²) in [6, 6.07) is 2.97. The molecule has 0 aromatic heterocycles. The van der Waals surface area contributed by atoms with Crippen LogP contribution < -0.4 is 0 Å². The summed E-state index contributed by atoms with van der Waals surface area (Å²) < 4.78 is 27.7. The molecule has 0 unspecified atom stereocenters. The zero-order valence-corrected chi connectivity index (χ0v) is 12.0. The van der Waals surface area contributed by atoms with Crippen LogP contribution in [0.25, 0.3) is 0 Å². The molecule has 96 valence electrons. The Morgan fingerprint density at radius 3 is 2.47 bits per heavy atom. The molecule has 0 aliphatic rings. The molecule has 1 aromatic carbocycles. The molecule has 0 fully saturated rings. The van der Waals surface area contributed by atoms with E-state index in [1.165, 1.54) is 12.1 Å². The minimum atomic E-state index is -0.494. The molecule has 0 aliphatic heterocycles. The zero-order valence-electron chi connectivity index (χ0n) is 10.4. The molecule has 0 N–H and O–H groups in total. The molecule has 0 saturated heterocycles. The van der Waals surface area contributed by atoms with Crippen LogP contribution in [0.2, 0.25) is 0 Å².